The van der Waals surface area contributed by atoms with Gasteiger partial charge in [-0.1, -0.05) is 30.3 Å². The van der Waals surface area contributed by atoms with E-state index in [0.717, 1.165) is 50.4 Å². The molecule has 34 heavy (non-hydrogen) atoms. The Hall–Kier alpha value is -3.99. The van der Waals surface area contributed by atoms with E-state index in [1.807, 2.05) is 12.1 Å². The Morgan fingerprint density at radius 3 is 1.91 bits per heavy atom. The highest BCUT2D eigenvalue weighted by molar-refractivity contribution is 6.16. The first kappa shape index (κ1) is 21.8. The molecule has 5 rings (SSSR count). The molecule has 5 nitrogen and oxygen atoms in total. The fraction of sp³-hybridized carbons (Fsp3) is 0.207. The van der Waals surface area contributed by atoms with Gasteiger partial charge in [-0.05, 0) is 53.3 Å². The lowest BCUT2D eigenvalue weighted by molar-refractivity contribution is -0.642. The van der Waals surface area contributed by atoms with Crippen LogP contribution in [0.25, 0.3) is 32.4 Å². The van der Waals surface area contributed by atoms with Gasteiger partial charge in [0.2, 0.25) is 5.52 Å². The molecule has 0 fully saturated rings. The number of benzene rings is 4. The van der Waals surface area contributed by atoms with Gasteiger partial charge in [-0.2, -0.15) is 4.57 Å². The lowest BCUT2D eigenvalue weighted by atomic mass is 9.93. The van der Waals surface area contributed by atoms with Crippen LogP contribution >= 0.6 is 0 Å². The monoisotopic (exact) mass is 454 g/mol. The third-order valence-electron chi connectivity index (χ3n) is 6.49. The second-order valence-corrected chi connectivity index (χ2v) is 8.35. The zero-order chi connectivity index (χ0) is 23.8. The summed E-state index contributed by atoms with van der Waals surface area (Å²) in [4.78, 5) is 0. The summed E-state index contributed by atoms with van der Waals surface area (Å²) in [6.07, 6.45) is 2.90. The lowest BCUT2D eigenvalue weighted by Crippen LogP contribution is -2.29. The maximum atomic E-state index is 5.76. The van der Waals surface area contributed by atoms with Crippen LogP contribution in [0, 0.1) is 0 Å². The van der Waals surface area contributed by atoms with Gasteiger partial charge in [-0.15, -0.1) is 0 Å². The predicted molar refractivity (Wildman–Crippen MR) is 136 cm³/mol. The molecule has 0 aliphatic carbocycles. The molecule has 0 N–H and O–H groups in total. The number of hydrogen-bond acceptors (Lipinski definition) is 4. The fourth-order valence-electron chi connectivity index (χ4n) is 4.93. The van der Waals surface area contributed by atoms with Gasteiger partial charge < -0.3 is 18.9 Å². The van der Waals surface area contributed by atoms with Crippen LogP contribution in [-0.2, 0) is 13.5 Å². The molecule has 0 saturated carbocycles. The van der Waals surface area contributed by atoms with Crippen LogP contribution in [0.3, 0.4) is 0 Å². The summed E-state index contributed by atoms with van der Waals surface area (Å²) in [6.45, 7) is 0. The van der Waals surface area contributed by atoms with E-state index in [-0.39, 0.29) is 0 Å². The quantitative estimate of drug-likeness (QED) is 0.248. The van der Waals surface area contributed by atoms with Gasteiger partial charge >= 0.3 is 0 Å². The van der Waals surface area contributed by atoms with Crippen molar-refractivity contribution in [3.8, 4) is 23.0 Å². The molecule has 0 radical (unpaired) electrons. The van der Waals surface area contributed by atoms with E-state index >= 15 is 0 Å². The number of aryl methyl sites for hydroxylation is 1. The minimum absolute atomic E-state index is 0.709. The van der Waals surface area contributed by atoms with Crippen LogP contribution < -0.4 is 23.5 Å². The average Bonchev–Trinajstić information content (AvgIpc) is 2.87. The molecule has 0 spiro atoms. The average molecular weight is 455 g/mol. The number of pyridine rings is 1. The van der Waals surface area contributed by atoms with E-state index in [9.17, 15) is 0 Å². The number of methoxy groups -OCH3 is 4. The highest BCUT2D eigenvalue weighted by Crippen LogP contribution is 2.42. The molecule has 0 saturated heterocycles. The second-order valence-electron chi connectivity index (χ2n) is 8.35. The van der Waals surface area contributed by atoms with Crippen molar-refractivity contribution < 1.29 is 23.5 Å². The van der Waals surface area contributed by atoms with Crippen LogP contribution in [0.15, 0.2) is 66.9 Å². The van der Waals surface area contributed by atoms with Crippen molar-refractivity contribution in [3.63, 3.8) is 0 Å². The largest absolute Gasteiger partial charge is 0.493 e. The molecule has 0 atom stereocenters. The third kappa shape index (κ3) is 3.45. The molecule has 1 heterocycles. The maximum Gasteiger partial charge on any atom is 0.220 e. The summed E-state index contributed by atoms with van der Waals surface area (Å²) in [5, 5.41) is 5.51. The number of aromatic nitrogens is 1. The van der Waals surface area contributed by atoms with Crippen molar-refractivity contribution in [3.05, 3.63) is 78.0 Å². The molecular weight excluding hydrogens is 426 g/mol. The van der Waals surface area contributed by atoms with E-state index in [1.165, 1.54) is 11.1 Å². The lowest BCUT2D eigenvalue weighted by Gasteiger charge is -2.16. The predicted octanol–water partition coefficient (Wildman–Crippen LogP) is 5.60. The van der Waals surface area contributed by atoms with Gasteiger partial charge in [-0.25, -0.2) is 0 Å². The summed E-state index contributed by atoms with van der Waals surface area (Å²) in [6, 6.07) is 21.1. The Morgan fingerprint density at radius 1 is 0.618 bits per heavy atom. The summed E-state index contributed by atoms with van der Waals surface area (Å²) in [5.74, 6) is 2.87. The van der Waals surface area contributed by atoms with E-state index in [1.54, 1.807) is 28.4 Å². The number of hydrogen-bond donors (Lipinski definition) is 0. The van der Waals surface area contributed by atoms with Crippen molar-refractivity contribution in [2.75, 3.05) is 28.4 Å². The van der Waals surface area contributed by atoms with Crippen molar-refractivity contribution in [1.29, 1.82) is 0 Å². The van der Waals surface area contributed by atoms with E-state index < -0.39 is 0 Å². The molecule has 172 valence electrons. The molecule has 1 aromatic heterocycles. The van der Waals surface area contributed by atoms with E-state index in [0.29, 0.717) is 11.5 Å². The van der Waals surface area contributed by atoms with Crippen LogP contribution in [0.5, 0.6) is 23.0 Å². The SMILES string of the molecule is COc1cc2c(Cc3ccccc3)cc3c4ccc(OC)c(OC)c4c[n+](C)c3c2cc1OC. The first-order valence-electron chi connectivity index (χ1n) is 11.2. The van der Waals surface area contributed by atoms with Gasteiger partial charge in [0.05, 0.1) is 44.6 Å². The summed E-state index contributed by atoms with van der Waals surface area (Å²) < 4.78 is 24.8. The smallest absolute Gasteiger partial charge is 0.220 e. The Labute approximate surface area is 199 Å². The molecule has 4 aromatic carbocycles. The van der Waals surface area contributed by atoms with Crippen LogP contribution in [0.1, 0.15) is 11.1 Å². The normalized spacial score (nSPS) is 11.2. The van der Waals surface area contributed by atoms with Gasteiger partial charge in [0, 0.05) is 5.39 Å². The molecule has 0 unspecified atom stereocenters. The molecular formula is C29H28NO4+. The number of nitrogens with zero attached hydrogens (tertiary/aromatic N) is 1. The third-order valence-corrected chi connectivity index (χ3v) is 6.49. The Balaban J connectivity index is 1.94. The standard InChI is InChI=1S/C29H28NO4/c1-30-17-24-20(11-12-25(31-2)29(24)34-5)22-14-19(13-18-9-7-6-8-10-18)21-15-26(32-3)27(33-4)16-23(21)28(22)30/h6-12,14-17H,13H2,1-5H3/q+1. The summed E-state index contributed by atoms with van der Waals surface area (Å²) >= 11 is 0. The first-order valence-corrected chi connectivity index (χ1v) is 11.2. The minimum Gasteiger partial charge on any atom is -0.493 e. The molecule has 5 heteroatoms. The highest BCUT2D eigenvalue weighted by Gasteiger charge is 2.22. The van der Waals surface area contributed by atoms with Gasteiger partial charge in [0.25, 0.3) is 0 Å². The van der Waals surface area contributed by atoms with E-state index in [4.69, 9.17) is 18.9 Å². The van der Waals surface area contributed by atoms with E-state index in [2.05, 4.69) is 66.3 Å². The minimum atomic E-state index is 0.709. The van der Waals surface area contributed by atoms with Crippen LogP contribution in [0.2, 0.25) is 0 Å². The Bertz CT molecular complexity index is 1530. The fourth-order valence-corrected chi connectivity index (χ4v) is 4.93. The van der Waals surface area contributed by atoms with Crippen molar-refractivity contribution >= 4 is 32.4 Å². The molecule has 0 amide bonds. The Morgan fingerprint density at radius 2 is 1.26 bits per heavy atom. The number of fused-ring (bicyclic) bond motifs is 5. The summed E-state index contributed by atoms with van der Waals surface area (Å²) in [7, 11) is 8.75. The van der Waals surface area contributed by atoms with Gasteiger partial charge in [0.1, 0.15) is 7.05 Å². The highest BCUT2D eigenvalue weighted by atomic mass is 16.5. The Kier molecular flexibility index (Phi) is 5.62. The number of rotatable bonds is 6. The van der Waals surface area contributed by atoms with Crippen LogP contribution in [-0.4, -0.2) is 28.4 Å². The number of ether oxygens (including phenoxy) is 4. The topological polar surface area (TPSA) is 40.8 Å². The zero-order valence-electron chi connectivity index (χ0n) is 20.1. The van der Waals surface area contributed by atoms with Gasteiger partial charge in [0.15, 0.2) is 29.2 Å². The molecule has 0 bridgehead atoms. The van der Waals surface area contributed by atoms with Crippen molar-refractivity contribution in [2.24, 2.45) is 7.05 Å². The first-order chi connectivity index (χ1) is 16.6. The summed E-state index contributed by atoms with van der Waals surface area (Å²) in [5.41, 5.74) is 3.59. The molecule has 5 aromatic rings. The molecule has 0 aliphatic rings. The van der Waals surface area contributed by atoms with Crippen molar-refractivity contribution in [1.82, 2.24) is 0 Å². The second kappa shape index (κ2) is 8.75. The maximum absolute atomic E-state index is 5.76. The van der Waals surface area contributed by atoms with Gasteiger partial charge in [-0.3, -0.25) is 0 Å². The molecule has 0 aliphatic heterocycles. The van der Waals surface area contributed by atoms with Crippen molar-refractivity contribution in [2.45, 2.75) is 6.42 Å². The zero-order valence-corrected chi connectivity index (χ0v) is 20.1. The van der Waals surface area contributed by atoms with Crippen LogP contribution in [0.4, 0.5) is 0 Å².